The maximum Gasteiger partial charge on any atom is 0.261 e. The van der Waals surface area contributed by atoms with Crippen molar-refractivity contribution in [3.05, 3.63) is 81.1 Å². The maximum absolute atomic E-state index is 12.5. The van der Waals surface area contributed by atoms with Gasteiger partial charge in [0.1, 0.15) is 5.75 Å². The molecule has 7 heteroatoms. The molecule has 0 radical (unpaired) electrons. The first-order chi connectivity index (χ1) is 13.8. The molecule has 3 aromatic rings. The summed E-state index contributed by atoms with van der Waals surface area (Å²) in [5.74, 6) is 0.187. The number of nitrogens with zero attached hydrogens (tertiary/aromatic N) is 2. The van der Waals surface area contributed by atoms with E-state index < -0.39 is 6.10 Å². The third kappa shape index (κ3) is 5.31. The molecule has 2 aromatic carbocycles. The minimum atomic E-state index is -0.700. The van der Waals surface area contributed by atoms with Crippen molar-refractivity contribution < 1.29 is 9.53 Å². The van der Waals surface area contributed by atoms with E-state index in [2.05, 4.69) is 22.5 Å². The predicted octanol–water partition coefficient (Wildman–Crippen LogP) is 4.94. The summed E-state index contributed by atoms with van der Waals surface area (Å²) < 4.78 is 7.63. The van der Waals surface area contributed by atoms with Crippen LogP contribution in [0.3, 0.4) is 0 Å². The van der Waals surface area contributed by atoms with Gasteiger partial charge in [0.15, 0.2) is 6.10 Å². The SMILES string of the molecule is Cc1nn(Cc2ccccc2)c(C)c1CNC(=O)[C@@H](C)Oc1ccc(Cl)cc1Cl. The molecule has 1 aromatic heterocycles. The van der Waals surface area contributed by atoms with Gasteiger partial charge in [-0.2, -0.15) is 5.10 Å². The summed E-state index contributed by atoms with van der Waals surface area (Å²) in [7, 11) is 0. The Morgan fingerprint density at radius 1 is 1.17 bits per heavy atom. The summed E-state index contributed by atoms with van der Waals surface area (Å²) in [4.78, 5) is 12.5. The first-order valence-corrected chi connectivity index (χ1v) is 10.1. The van der Waals surface area contributed by atoms with Crippen molar-refractivity contribution in [2.75, 3.05) is 0 Å². The second-order valence-electron chi connectivity index (χ2n) is 6.85. The molecule has 0 aliphatic rings. The molecule has 0 bridgehead atoms. The van der Waals surface area contributed by atoms with Crippen molar-refractivity contribution in [1.82, 2.24) is 15.1 Å². The lowest BCUT2D eigenvalue weighted by Crippen LogP contribution is -2.36. The number of ether oxygens (including phenoxy) is 1. The van der Waals surface area contributed by atoms with Gasteiger partial charge >= 0.3 is 0 Å². The molecule has 1 N–H and O–H groups in total. The topological polar surface area (TPSA) is 56.2 Å². The third-order valence-electron chi connectivity index (χ3n) is 4.71. The smallest absolute Gasteiger partial charge is 0.261 e. The highest BCUT2D eigenvalue weighted by atomic mass is 35.5. The van der Waals surface area contributed by atoms with E-state index in [9.17, 15) is 4.79 Å². The number of aryl methyl sites for hydroxylation is 1. The first kappa shape index (κ1) is 21.2. The van der Waals surface area contributed by atoms with E-state index in [-0.39, 0.29) is 5.91 Å². The fourth-order valence-electron chi connectivity index (χ4n) is 3.03. The molecule has 0 unspecified atom stereocenters. The van der Waals surface area contributed by atoms with Crippen LogP contribution in [-0.2, 0) is 17.9 Å². The summed E-state index contributed by atoms with van der Waals surface area (Å²) >= 11 is 12.0. The Morgan fingerprint density at radius 3 is 2.59 bits per heavy atom. The van der Waals surface area contributed by atoms with Crippen molar-refractivity contribution in [3.8, 4) is 5.75 Å². The van der Waals surface area contributed by atoms with Gasteiger partial charge in [-0.1, -0.05) is 53.5 Å². The van der Waals surface area contributed by atoms with Gasteiger partial charge in [-0.3, -0.25) is 9.48 Å². The summed E-state index contributed by atoms with van der Waals surface area (Å²) in [6.07, 6.45) is -0.700. The molecular weight excluding hydrogens is 409 g/mol. The summed E-state index contributed by atoms with van der Waals surface area (Å²) in [5.41, 5.74) is 4.11. The van der Waals surface area contributed by atoms with E-state index in [4.69, 9.17) is 27.9 Å². The number of nitrogens with one attached hydrogen (secondary N) is 1. The average Bonchev–Trinajstić information content (AvgIpc) is 2.95. The van der Waals surface area contributed by atoms with Crippen LogP contribution in [-0.4, -0.2) is 21.8 Å². The molecule has 3 rings (SSSR count). The molecule has 0 saturated heterocycles. The Balaban J connectivity index is 1.62. The molecule has 29 heavy (non-hydrogen) atoms. The number of amides is 1. The number of rotatable bonds is 7. The molecular formula is C22H23Cl2N3O2. The fraction of sp³-hybridized carbons (Fsp3) is 0.273. The van der Waals surface area contributed by atoms with Crippen molar-refractivity contribution in [3.63, 3.8) is 0 Å². The zero-order chi connectivity index (χ0) is 21.0. The largest absolute Gasteiger partial charge is 0.479 e. The third-order valence-corrected chi connectivity index (χ3v) is 5.24. The van der Waals surface area contributed by atoms with Crippen molar-refractivity contribution >= 4 is 29.1 Å². The standard InChI is InChI=1S/C22H23Cl2N3O2/c1-14-19(15(2)27(26-14)13-17-7-5-4-6-8-17)12-25-22(28)16(3)29-21-10-9-18(23)11-20(21)24/h4-11,16H,12-13H2,1-3H3,(H,25,28)/t16-/m1/s1. The lowest BCUT2D eigenvalue weighted by atomic mass is 10.2. The van der Waals surface area contributed by atoms with E-state index >= 15 is 0 Å². The second-order valence-corrected chi connectivity index (χ2v) is 7.69. The van der Waals surface area contributed by atoms with E-state index in [1.54, 1.807) is 25.1 Å². The zero-order valence-corrected chi connectivity index (χ0v) is 18.1. The van der Waals surface area contributed by atoms with Gasteiger partial charge in [-0.05, 0) is 44.5 Å². The van der Waals surface area contributed by atoms with Crippen LogP contribution in [0.25, 0.3) is 0 Å². The maximum atomic E-state index is 12.5. The number of benzene rings is 2. The van der Waals surface area contributed by atoms with E-state index in [1.807, 2.05) is 36.7 Å². The Kier molecular flexibility index (Phi) is 6.83. The van der Waals surface area contributed by atoms with E-state index in [0.29, 0.717) is 28.9 Å². The van der Waals surface area contributed by atoms with Gasteiger partial charge in [0.2, 0.25) is 0 Å². The summed E-state index contributed by atoms with van der Waals surface area (Å²) in [6, 6.07) is 15.0. The van der Waals surface area contributed by atoms with Crippen LogP contribution >= 0.6 is 23.2 Å². The van der Waals surface area contributed by atoms with Gasteiger partial charge in [-0.25, -0.2) is 0 Å². The summed E-state index contributed by atoms with van der Waals surface area (Å²) in [6.45, 7) is 6.71. The minimum Gasteiger partial charge on any atom is -0.479 e. The van der Waals surface area contributed by atoms with Gasteiger partial charge in [0.25, 0.3) is 5.91 Å². The molecule has 5 nitrogen and oxygen atoms in total. The van der Waals surface area contributed by atoms with Crippen LogP contribution in [0, 0.1) is 13.8 Å². The normalized spacial score (nSPS) is 11.9. The molecule has 1 atom stereocenters. The Morgan fingerprint density at radius 2 is 1.90 bits per heavy atom. The Labute approximate surface area is 180 Å². The highest BCUT2D eigenvalue weighted by molar-refractivity contribution is 6.35. The monoisotopic (exact) mass is 431 g/mol. The van der Waals surface area contributed by atoms with E-state index in [0.717, 1.165) is 17.0 Å². The van der Waals surface area contributed by atoms with Crippen molar-refractivity contribution in [2.24, 2.45) is 0 Å². The molecule has 152 valence electrons. The van der Waals surface area contributed by atoms with Crippen LogP contribution in [0.5, 0.6) is 5.75 Å². The molecule has 0 aliphatic carbocycles. The molecule has 1 amide bonds. The van der Waals surface area contributed by atoms with Crippen LogP contribution in [0.4, 0.5) is 0 Å². The van der Waals surface area contributed by atoms with Crippen LogP contribution in [0.1, 0.15) is 29.4 Å². The first-order valence-electron chi connectivity index (χ1n) is 9.31. The summed E-state index contributed by atoms with van der Waals surface area (Å²) in [5, 5.41) is 8.42. The quantitative estimate of drug-likeness (QED) is 0.576. The van der Waals surface area contributed by atoms with Gasteiger partial charge in [0.05, 0.1) is 17.3 Å². The molecule has 0 spiro atoms. The Hall–Kier alpha value is -2.50. The van der Waals surface area contributed by atoms with Crippen LogP contribution in [0.15, 0.2) is 48.5 Å². The highest BCUT2D eigenvalue weighted by Gasteiger charge is 2.18. The van der Waals surface area contributed by atoms with Crippen molar-refractivity contribution in [2.45, 2.75) is 40.0 Å². The predicted molar refractivity (Wildman–Crippen MR) is 116 cm³/mol. The van der Waals surface area contributed by atoms with Crippen LogP contribution in [0.2, 0.25) is 10.0 Å². The van der Waals surface area contributed by atoms with Gasteiger partial charge in [0, 0.05) is 22.8 Å². The van der Waals surface area contributed by atoms with Crippen LogP contribution < -0.4 is 10.1 Å². The van der Waals surface area contributed by atoms with Crippen molar-refractivity contribution in [1.29, 1.82) is 0 Å². The number of carbonyl (C=O) groups excluding carboxylic acids is 1. The average molecular weight is 432 g/mol. The lowest BCUT2D eigenvalue weighted by molar-refractivity contribution is -0.127. The van der Waals surface area contributed by atoms with Gasteiger partial charge in [-0.15, -0.1) is 0 Å². The molecule has 1 heterocycles. The fourth-order valence-corrected chi connectivity index (χ4v) is 3.49. The lowest BCUT2D eigenvalue weighted by Gasteiger charge is -2.16. The Bertz CT molecular complexity index is 1000. The highest BCUT2D eigenvalue weighted by Crippen LogP contribution is 2.28. The van der Waals surface area contributed by atoms with Gasteiger partial charge < -0.3 is 10.1 Å². The number of aromatic nitrogens is 2. The molecule has 0 aliphatic heterocycles. The number of hydrogen-bond donors (Lipinski definition) is 1. The second kappa shape index (κ2) is 9.33. The molecule has 0 saturated carbocycles. The number of halogens is 2. The minimum absolute atomic E-state index is 0.231. The molecule has 0 fully saturated rings. The van der Waals surface area contributed by atoms with E-state index in [1.165, 1.54) is 5.56 Å². The zero-order valence-electron chi connectivity index (χ0n) is 16.6. The number of carbonyl (C=O) groups is 1. The number of hydrogen-bond acceptors (Lipinski definition) is 3.